The largest absolute Gasteiger partial charge is 0.465 e. The lowest BCUT2D eigenvalue weighted by atomic mass is 10.1. The number of carbonyl (C=O) groups excluding carboxylic acids is 2. The van der Waals surface area contributed by atoms with Crippen molar-refractivity contribution in [2.24, 2.45) is 0 Å². The Morgan fingerprint density at radius 2 is 1.80 bits per heavy atom. The first-order chi connectivity index (χ1) is 12.0. The zero-order valence-electron chi connectivity index (χ0n) is 13.9. The second-order valence-corrected chi connectivity index (χ2v) is 5.33. The van der Waals surface area contributed by atoms with E-state index in [2.05, 4.69) is 14.5 Å². The molecule has 2 heterocycles. The van der Waals surface area contributed by atoms with Crippen molar-refractivity contribution in [1.29, 1.82) is 0 Å². The number of ether oxygens (including phenoxy) is 2. The van der Waals surface area contributed by atoms with Crippen LogP contribution in [0, 0.1) is 0 Å². The molecule has 0 atom stereocenters. The summed E-state index contributed by atoms with van der Waals surface area (Å²) in [6.07, 6.45) is 0.759. The number of fused-ring (bicyclic) bond motifs is 2. The van der Waals surface area contributed by atoms with Crippen molar-refractivity contribution in [3.8, 4) is 0 Å². The van der Waals surface area contributed by atoms with Crippen molar-refractivity contribution in [2.45, 2.75) is 13.3 Å². The molecular formula is C18H15NO6. The molecular weight excluding hydrogens is 326 g/mol. The van der Waals surface area contributed by atoms with Crippen molar-refractivity contribution >= 4 is 34.0 Å². The molecule has 0 saturated carbocycles. The molecule has 0 aliphatic rings. The van der Waals surface area contributed by atoms with Gasteiger partial charge >= 0.3 is 11.9 Å². The van der Waals surface area contributed by atoms with E-state index in [4.69, 9.17) is 4.42 Å². The van der Waals surface area contributed by atoms with E-state index in [-0.39, 0.29) is 27.8 Å². The summed E-state index contributed by atoms with van der Waals surface area (Å²) in [5, 5.41) is 0.362. The van der Waals surface area contributed by atoms with Crippen LogP contribution in [-0.2, 0) is 15.9 Å². The highest BCUT2D eigenvalue weighted by atomic mass is 16.5. The predicted molar refractivity (Wildman–Crippen MR) is 89.8 cm³/mol. The average molecular weight is 341 g/mol. The summed E-state index contributed by atoms with van der Waals surface area (Å²) in [6.45, 7) is 1.97. The standard InChI is InChI=1S/C18H15NO6/c1-4-9-5-6-12-10(7-9)16(20)15-13(25-12)8-11(17(21)23-2)14(19-15)18(22)24-3/h5-8H,4H2,1-3H3. The van der Waals surface area contributed by atoms with Gasteiger partial charge in [0.15, 0.2) is 16.8 Å². The van der Waals surface area contributed by atoms with Crippen LogP contribution in [-0.4, -0.2) is 31.1 Å². The monoisotopic (exact) mass is 341 g/mol. The zero-order chi connectivity index (χ0) is 18.1. The third kappa shape index (κ3) is 2.73. The molecule has 0 aliphatic carbocycles. The van der Waals surface area contributed by atoms with Gasteiger partial charge in [-0.2, -0.15) is 0 Å². The maximum Gasteiger partial charge on any atom is 0.357 e. The van der Waals surface area contributed by atoms with Crippen LogP contribution < -0.4 is 5.43 Å². The van der Waals surface area contributed by atoms with Crippen molar-refractivity contribution in [2.75, 3.05) is 14.2 Å². The zero-order valence-corrected chi connectivity index (χ0v) is 13.9. The molecule has 0 radical (unpaired) electrons. The highest BCUT2D eigenvalue weighted by Gasteiger charge is 2.23. The van der Waals surface area contributed by atoms with E-state index < -0.39 is 11.9 Å². The van der Waals surface area contributed by atoms with Gasteiger partial charge in [0.1, 0.15) is 5.58 Å². The Morgan fingerprint density at radius 3 is 2.44 bits per heavy atom. The van der Waals surface area contributed by atoms with E-state index in [0.717, 1.165) is 19.1 Å². The summed E-state index contributed by atoms with van der Waals surface area (Å²) in [7, 11) is 2.34. The van der Waals surface area contributed by atoms with Crippen molar-refractivity contribution < 1.29 is 23.5 Å². The number of benzene rings is 1. The van der Waals surface area contributed by atoms with Gasteiger partial charge in [-0.25, -0.2) is 14.6 Å². The van der Waals surface area contributed by atoms with E-state index in [0.29, 0.717) is 11.0 Å². The molecule has 0 aliphatic heterocycles. The molecule has 25 heavy (non-hydrogen) atoms. The highest BCUT2D eigenvalue weighted by Crippen LogP contribution is 2.22. The summed E-state index contributed by atoms with van der Waals surface area (Å²) in [5.74, 6) is -1.62. The van der Waals surface area contributed by atoms with Crippen LogP contribution in [0.25, 0.3) is 22.1 Å². The Kier molecular flexibility index (Phi) is 4.22. The van der Waals surface area contributed by atoms with Gasteiger partial charge in [-0.15, -0.1) is 0 Å². The van der Waals surface area contributed by atoms with E-state index in [1.54, 1.807) is 12.1 Å². The number of pyridine rings is 1. The number of hydrogen-bond donors (Lipinski definition) is 0. The summed E-state index contributed by atoms with van der Waals surface area (Å²) in [4.78, 5) is 40.7. The van der Waals surface area contributed by atoms with Crippen LogP contribution in [0.15, 0.2) is 33.5 Å². The summed E-state index contributed by atoms with van der Waals surface area (Å²) < 4.78 is 15.0. The number of carbonyl (C=O) groups is 2. The highest BCUT2D eigenvalue weighted by molar-refractivity contribution is 6.04. The number of rotatable bonds is 3. The molecule has 3 aromatic rings. The Balaban J connectivity index is 2.41. The maximum absolute atomic E-state index is 12.8. The van der Waals surface area contributed by atoms with Crippen molar-refractivity contribution in [1.82, 2.24) is 4.98 Å². The molecule has 3 rings (SSSR count). The van der Waals surface area contributed by atoms with Crippen LogP contribution in [0.1, 0.15) is 33.3 Å². The van der Waals surface area contributed by atoms with Crippen LogP contribution >= 0.6 is 0 Å². The van der Waals surface area contributed by atoms with Crippen LogP contribution in [0.3, 0.4) is 0 Å². The first-order valence-corrected chi connectivity index (χ1v) is 7.57. The first kappa shape index (κ1) is 16.6. The molecule has 128 valence electrons. The molecule has 2 aromatic heterocycles. The number of hydrogen-bond acceptors (Lipinski definition) is 7. The van der Waals surface area contributed by atoms with Crippen molar-refractivity contribution in [3.63, 3.8) is 0 Å². The van der Waals surface area contributed by atoms with Gasteiger partial charge in [-0.1, -0.05) is 13.0 Å². The molecule has 0 N–H and O–H groups in total. The van der Waals surface area contributed by atoms with E-state index in [1.807, 2.05) is 13.0 Å². The van der Waals surface area contributed by atoms with Crippen LogP contribution in [0.4, 0.5) is 0 Å². The fourth-order valence-electron chi connectivity index (χ4n) is 2.56. The number of esters is 2. The predicted octanol–water partition coefficient (Wildman–Crippen LogP) is 2.48. The Hall–Kier alpha value is -3.22. The quantitative estimate of drug-likeness (QED) is 0.533. The van der Waals surface area contributed by atoms with Gasteiger partial charge in [-0.05, 0) is 24.1 Å². The summed E-state index contributed by atoms with van der Waals surface area (Å²) >= 11 is 0. The topological polar surface area (TPSA) is 95.7 Å². The normalized spacial score (nSPS) is 10.8. The fraction of sp³-hybridized carbons (Fsp3) is 0.222. The molecule has 1 aromatic carbocycles. The Labute approximate surface area is 142 Å². The first-order valence-electron chi connectivity index (χ1n) is 7.57. The number of nitrogens with zero attached hydrogens (tertiary/aromatic N) is 1. The van der Waals surface area contributed by atoms with Gasteiger partial charge < -0.3 is 13.9 Å². The molecule has 0 saturated heterocycles. The fourth-order valence-corrected chi connectivity index (χ4v) is 2.56. The Bertz CT molecular complexity index is 1070. The summed E-state index contributed by atoms with van der Waals surface area (Å²) in [5.41, 5.74) is 0.586. The maximum atomic E-state index is 12.8. The molecule has 7 nitrogen and oxygen atoms in total. The molecule has 0 spiro atoms. The van der Waals surface area contributed by atoms with Gasteiger partial charge in [-0.3, -0.25) is 4.79 Å². The van der Waals surface area contributed by atoms with Gasteiger partial charge in [0.05, 0.1) is 25.2 Å². The Morgan fingerprint density at radius 1 is 1.08 bits per heavy atom. The van der Waals surface area contributed by atoms with Crippen LogP contribution in [0.5, 0.6) is 0 Å². The van der Waals surface area contributed by atoms with Crippen molar-refractivity contribution in [3.05, 3.63) is 51.3 Å². The molecule has 0 fully saturated rings. The minimum absolute atomic E-state index is 0.0474. The number of aryl methyl sites for hydroxylation is 1. The number of methoxy groups -OCH3 is 2. The van der Waals surface area contributed by atoms with E-state index >= 15 is 0 Å². The van der Waals surface area contributed by atoms with E-state index in [1.165, 1.54) is 13.2 Å². The average Bonchev–Trinajstić information content (AvgIpc) is 2.65. The molecule has 7 heteroatoms. The molecule has 0 unspecified atom stereocenters. The minimum atomic E-state index is -0.843. The number of aromatic nitrogens is 1. The lowest BCUT2D eigenvalue weighted by Gasteiger charge is -2.08. The second-order valence-electron chi connectivity index (χ2n) is 5.33. The third-order valence-corrected chi connectivity index (χ3v) is 3.90. The SMILES string of the molecule is CCc1ccc2oc3cc(C(=O)OC)c(C(=O)OC)nc3c(=O)c2c1. The smallest absolute Gasteiger partial charge is 0.357 e. The van der Waals surface area contributed by atoms with Gasteiger partial charge in [0, 0.05) is 6.07 Å². The van der Waals surface area contributed by atoms with Gasteiger partial charge in [0.25, 0.3) is 0 Å². The molecule has 0 amide bonds. The van der Waals surface area contributed by atoms with Crippen LogP contribution in [0.2, 0.25) is 0 Å². The van der Waals surface area contributed by atoms with E-state index in [9.17, 15) is 14.4 Å². The minimum Gasteiger partial charge on any atom is -0.465 e. The second kappa shape index (κ2) is 6.35. The molecule has 0 bridgehead atoms. The van der Waals surface area contributed by atoms with Gasteiger partial charge in [0.2, 0.25) is 5.43 Å². The third-order valence-electron chi connectivity index (χ3n) is 3.90. The lowest BCUT2D eigenvalue weighted by molar-refractivity contribution is 0.0550. The lowest BCUT2D eigenvalue weighted by Crippen LogP contribution is -2.16. The summed E-state index contributed by atoms with van der Waals surface area (Å²) in [6, 6.07) is 6.55.